The second kappa shape index (κ2) is 5.47. The van der Waals surface area contributed by atoms with E-state index in [9.17, 15) is 0 Å². The zero-order valence-corrected chi connectivity index (χ0v) is 12.5. The number of hydrogen-bond donors (Lipinski definition) is 1. The molecule has 0 saturated heterocycles. The Morgan fingerprint density at radius 3 is 3.11 bits per heavy atom. The molecule has 1 atom stereocenters. The normalized spacial score (nSPS) is 15.7. The molecule has 0 spiro atoms. The molecule has 3 nitrogen and oxygen atoms in total. The fourth-order valence-corrected chi connectivity index (χ4v) is 4.30. The minimum atomic E-state index is 0.282. The van der Waals surface area contributed by atoms with Crippen LogP contribution >= 0.6 is 11.3 Å². The Kier molecular flexibility index (Phi) is 3.71. The highest BCUT2D eigenvalue weighted by molar-refractivity contribution is 7.12. The van der Waals surface area contributed by atoms with Crippen LogP contribution in [0.2, 0.25) is 0 Å². The van der Waals surface area contributed by atoms with E-state index in [1.165, 1.54) is 29.8 Å². The lowest BCUT2D eigenvalue weighted by Crippen LogP contribution is -2.20. The molecule has 3 rings (SSSR count). The Balaban J connectivity index is 1.92. The lowest BCUT2D eigenvalue weighted by molar-refractivity contribution is 0.537. The predicted molar refractivity (Wildman–Crippen MR) is 79.8 cm³/mol. The van der Waals surface area contributed by atoms with Crippen molar-refractivity contribution in [2.45, 2.75) is 45.2 Å². The molecule has 0 bridgehead atoms. The van der Waals surface area contributed by atoms with E-state index in [2.05, 4.69) is 34.2 Å². The molecule has 2 aromatic heterocycles. The highest BCUT2D eigenvalue weighted by atomic mass is 32.1. The second-order valence-electron chi connectivity index (χ2n) is 5.15. The van der Waals surface area contributed by atoms with Gasteiger partial charge in [0.1, 0.15) is 0 Å². The van der Waals surface area contributed by atoms with Crippen molar-refractivity contribution in [2.75, 3.05) is 7.05 Å². The highest BCUT2D eigenvalue weighted by Gasteiger charge is 2.22. The van der Waals surface area contributed by atoms with Gasteiger partial charge in [0.05, 0.1) is 11.7 Å². The number of aryl methyl sites for hydroxylation is 3. The van der Waals surface area contributed by atoms with Crippen LogP contribution in [0.25, 0.3) is 0 Å². The minimum Gasteiger partial charge on any atom is -0.307 e. The molecule has 1 unspecified atom stereocenters. The Labute approximate surface area is 118 Å². The minimum absolute atomic E-state index is 0.282. The SMILES string of the molecule is CCCn1nccc1C(NC)c1cc2c(s1)CCC2. The van der Waals surface area contributed by atoms with E-state index >= 15 is 0 Å². The molecule has 0 saturated carbocycles. The summed E-state index contributed by atoms with van der Waals surface area (Å²) in [5.41, 5.74) is 2.85. The average molecular weight is 275 g/mol. The van der Waals surface area contributed by atoms with E-state index in [0.717, 1.165) is 13.0 Å². The van der Waals surface area contributed by atoms with Crippen LogP contribution in [0.5, 0.6) is 0 Å². The van der Waals surface area contributed by atoms with Crippen molar-refractivity contribution in [3.8, 4) is 0 Å². The first-order chi connectivity index (χ1) is 9.33. The zero-order chi connectivity index (χ0) is 13.2. The van der Waals surface area contributed by atoms with E-state index in [1.807, 2.05) is 24.6 Å². The fraction of sp³-hybridized carbons (Fsp3) is 0.533. The molecule has 2 heterocycles. The van der Waals surface area contributed by atoms with Gasteiger partial charge in [0.2, 0.25) is 0 Å². The van der Waals surface area contributed by atoms with Gasteiger partial charge >= 0.3 is 0 Å². The summed E-state index contributed by atoms with van der Waals surface area (Å²) in [6.45, 7) is 3.19. The van der Waals surface area contributed by atoms with Crippen LogP contribution < -0.4 is 5.32 Å². The van der Waals surface area contributed by atoms with Gasteiger partial charge in [0.25, 0.3) is 0 Å². The molecule has 0 fully saturated rings. The molecule has 0 amide bonds. The first-order valence-corrected chi connectivity index (χ1v) is 7.95. The number of aromatic nitrogens is 2. The third-order valence-corrected chi connectivity index (χ3v) is 5.12. The number of nitrogens with zero attached hydrogens (tertiary/aromatic N) is 2. The Morgan fingerprint density at radius 1 is 1.47 bits per heavy atom. The number of fused-ring (bicyclic) bond motifs is 1. The second-order valence-corrected chi connectivity index (χ2v) is 6.32. The van der Waals surface area contributed by atoms with Crippen LogP contribution in [0.3, 0.4) is 0 Å². The van der Waals surface area contributed by atoms with Gasteiger partial charge in [0, 0.05) is 22.5 Å². The monoisotopic (exact) mass is 275 g/mol. The summed E-state index contributed by atoms with van der Waals surface area (Å²) in [5, 5.41) is 7.90. The van der Waals surface area contributed by atoms with Crippen LogP contribution in [0.15, 0.2) is 18.3 Å². The molecule has 2 aromatic rings. The zero-order valence-electron chi connectivity index (χ0n) is 11.6. The Hall–Kier alpha value is -1.13. The Morgan fingerprint density at radius 2 is 2.37 bits per heavy atom. The quantitative estimate of drug-likeness (QED) is 0.908. The van der Waals surface area contributed by atoms with Crippen LogP contribution in [-0.4, -0.2) is 16.8 Å². The van der Waals surface area contributed by atoms with Crippen LogP contribution in [0.4, 0.5) is 0 Å². The third kappa shape index (κ3) is 2.35. The summed E-state index contributed by atoms with van der Waals surface area (Å²) < 4.78 is 2.13. The van der Waals surface area contributed by atoms with Crippen molar-refractivity contribution < 1.29 is 0 Å². The topological polar surface area (TPSA) is 29.9 Å². The first kappa shape index (κ1) is 12.9. The molecule has 1 aliphatic rings. The van der Waals surface area contributed by atoms with Crippen molar-refractivity contribution in [3.05, 3.63) is 39.3 Å². The number of rotatable bonds is 5. The fourth-order valence-electron chi connectivity index (χ4n) is 2.92. The molecule has 0 aliphatic heterocycles. The first-order valence-electron chi connectivity index (χ1n) is 7.14. The Bertz CT molecular complexity index is 534. The van der Waals surface area contributed by atoms with Crippen molar-refractivity contribution in [1.29, 1.82) is 0 Å². The number of hydrogen-bond acceptors (Lipinski definition) is 3. The average Bonchev–Trinajstić information content (AvgIpc) is 3.07. The maximum atomic E-state index is 4.44. The maximum Gasteiger partial charge on any atom is 0.0839 e. The van der Waals surface area contributed by atoms with Gasteiger partial charge in [-0.05, 0) is 50.4 Å². The largest absolute Gasteiger partial charge is 0.307 e. The molecular formula is C15H21N3S. The van der Waals surface area contributed by atoms with Gasteiger partial charge < -0.3 is 5.32 Å². The summed E-state index contributed by atoms with van der Waals surface area (Å²) in [5.74, 6) is 0. The van der Waals surface area contributed by atoms with Gasteiger partial charge in [-0.3, -0.25) is 4.68 Å². The lowest BCUT2D eigenvalue weighted by Gasteiger charge is -2.16. The molecule has 4 heteroatoms. The van der Waals surface area contributed by atoms with E-state index in [0.29, 0.717) is 0 Å². The van der Waals surface area contributed by atoms with Crippen molar-refractivity contribution in [2.24, 2.45) is 0 Å². The third-order valence-electron chi connectivity index (χ3n) is 3.82. The smallest absolute Gasteiger partial charge is 0.0839 e. The van der Waals surface area contributed by atoms with Gasteiger partial charge in [-0.1, -0.05) is 6.92 Å². The maximum absolute atomic E-state index is 4.44. The van der Waals surface area contributed by atoms with Gasteiger partial charge in [-0.15, -0.1) is 11.3 Å². The summed E-state index contributed by atoms with van der Waals surface area (Å²) in [6, 6.07) is 4.82. The van der Waals surface area contributed by atoms with Crippen molar-refractivity contribution in [3.63, 3.8) is 0 Å². The summed E-state index contributed by atoms with van der Waals surface area (Å²) in [6.07, 6.45) is 6.89. The molecule has 19 heavy (non-hydrogen) atoms. The highest BCUT2D eigenvalue weighted by Crippen LogP contribution is 2.35. The van der Waals surface area contributed by atoms with Crippen molar-refractivity contribution >= 4 is 11.3 Å². The van der Waals surface area contributed by atoms with Gasteiger partial charge in [0.15, 0.2) is 0 Å². The van der Waals surface area contributed by atoms with Gasteiger partial charge in [-0.25, -0.2) is 0 Å². The molecular weight excluding hydrogens is 254 g/mol. The van der Waals surface area contributed by atoms with Crippen LogP contribution in [-0.2, 0) is 19.4 Å². The van der Waals surface area contributed by atoms with Crippen LogP contribution in [0.1, 0.15) is 46.8 Å². The molecule has 102 valence electrons. The lowest BCUT2D eigenvalue weighted by atomic mass is 10.1. The summed E-state index contributed by atoms with van der Waals surface area (Å²) in [7, 11) is 2.04. The van der Waals surface area contributed by atoms with Crippen LogP contribution in [0, 0.1) is 0 Å². The van der Waals surface area contributed by atoms with Crippen molar-refractivity contribution in [1.82, 2.24) is 15.1 Å². The number of nitrogens with one attached hydrogen (secondary N) is 1. The standard InChI is InChI=1S/C15H21N3S/c1-3-9-18-12(7-8-17-18)15(16-2)14-10-11-5-4-6-13(11)19-14/h7-8,10,15-16H,3-6,9H2,1-2H3. The molecule has 0 aromatic carbocycles. The van der Waals surface area contributed by atoms with E-state index in [-0.39, 0.29) is 6.04 Å². The van der Waals surface area contributed by atoms with E-state index in [1.54, 1.807) is 10.4 Å². The summed E-state index contributed by atoms with van der Waals surface area (Å²) in [4.78, 5) is 3.03. The van der Waals surface area contributed by atoms with E-state index in [4.69, 9.17) is 0 Å². The summed E-state index contributed by atoms with van der Waals surface area (Å²) >= 11 is 1.98. The van der Waals surface area contributed by atoms with Gasteiger partial charge in [-0.2, -0.15) is 5.10 Å². The molecule has 1 aliphatic carbocycles. The van der Waals surface area contributed by atoms with E-state index < -0.39 is 0 Å². The predicted octanol–water partition coefficient (Wildman–Crippen LogP) is 3.15. The number of thiophene rings is 1. The molecule has 0 radical (unpaired) electrons. The molecule has 1 N–H and O–H groups in total.